The van der Waals surface area contributed by atoms with Gasteiger partial charge in [-0.3, -0.25) is 15.0 Å². The number of nitrogens with one attached hydrogen (secondary N) is 2. The third kappa shape index (κ3) is 2.50. The van der Waals surface area contributed by atoms with Crippen LogP contribution in [0.1, 0.15) is 62.6 Å². The van der Waals surface area contributed by atoms with Crippen LogP contribution in [0.4, 0.5) is 5.69 Å². The smallest absolute Gasteiger partial charge is 0.159 e. The van der Waals surface area contributed by atoms with E-state index in [1.807, 2.05) is 17.9 Å². The molecule has 0 unspecified atom stereocenters. The Labute approximate surface area is 154 Å². The standard InChI is InChI=1S/C20H27N5O/c1-13-17-18(22-14-7-3-4-8-14)15(12-21-19(17)25(2)23-13)16-11-20(26-24-16)9-5-6-10-20/h11-12,14,24H,3-10H2,1-2H3,(H,21,22). The van der Waals surface area contributed by atoms with Gasteiger partial charge in [0.2, 0.25) is 0 Å². The Hall–Kier alpha value is -2.08. The van der Waals surface area contributed by atoms with Gasteiger partial charge >= 0.3 is 0 Å². The number of rotatable bonds is 3. The molecule has 0 aromatic carbocycles. The van der Waals surface area contributed by atoms with Crippen molar-refractivity contribution in [1.82, 2.24) is 20.2 Å². The molecule has 138 valence electrons. The Bertz CT molecular complexity index is 872. The molecule has 5 rings (SSSR count). The van der Waals surface area contributed by atoms with Crippen LogP contribution in [0.25, 0.3) is 16.7 Å². The molecule has 26 heavy (non-hydrogen) atoms. The first-order chi connectivity index (χ1) is 12.7. The molecular weight excluding hydrogens is 326 g/mol. The number of hydrogen-bond donors (Lipinski definition) is 2. The molecule has 2 aromatic heterocycles. The quantitative estimate of drug-likeness (QED) is 0.878. The number of hydroxylamine groups is 1. The van der Waals surface area contributed by atoms with Gasteiger partial charge in [-0.05, 0) is 38.7 Å². The van der Waals surface area contributed by atoms with Gasteiger partial charge in [0.1, 0.15) is 5.60 Å². The molecule has 0 radical (unpaired) electrons. The normalized spacial score (nSPS) is 22.3. The lowest BCUT2D eigenvalue weighted by atomic mass is 9.99. The third-order valence-electron chi connectivity index (χ3n) is 6.24. The molecule has 2 saturated carbocycles. The first-order valence-electron chi connectivity index (χ1n) is 9.91. The van der Waals surface area contributed by atoms with E-state index in [-0.39, 0.29) is 5.60 Å². The van der Waals surface area contributed by atoms with Gasteiger partial charge in [0.15, 0.2) is 5.65 Å². The Morgan fingerprint density at radius 2 is 2.00 bits per heavy atom. The second kappa shape index (κ2) is 5.98. The molecule has 2 aliphatic carbocycles. The summed E-state index contributed by atoms with van der Waals surface area (Å²) in [6.07, 6.45) is 14.0. The average Bonchev–Trinajstić information content (AvgIpc) is 3.40. The van der Waals surface area contributed by atoms with Gasteiger partial charge in [-0.1, -0.05) is 25.7 Å². The van der Waals surface area contributed by atoms with Gasteiger partial charge in [0.25, 0.3) is 0 Å². The van der Waals surface area contributed by atoms with Crippen molar-refractivity contribution in [3.63, 3.8) is 0 Å². The predicted octanol–water partition coefficient (Wildman–Crippen LogP) is 3.82. The fourth-order valence-electron chi connectivity index (χ4n) is 4.87. The number of hydrogen-bond acceptors (Lipinski definition) is 5. The molecule has 1 spiro atoms. The number of aryl methyl sites for hydroxylation is 2. The first kappa shape index (κ1) is 16.1. The molecule has 0 bridgehead atoms. The summed E-state index contributed by atoms with van der Waals surface area (Å²) in [6.45, 7) is 2.07. The van der Waals surface area contributed by atoms with Crippen molar-refractivity contribution < 1.29 is 4.84 Å². The topological polar surface area (TPSA) is 64.0 Å². The van der Waals surface area contributed by atoms with Crippen molar-refractivity contribution in [1.29, 1.82) is 0 Å². The van der Waals surface area contributed by atoms with E-state index in [2.05, 4.69) is 28.9 Å². The van der Waals surface area contributed by atoms with Crippen molar-refractivity contribution in [2.24, 2.45) is 7.05 Å². The highest BCUT2D eigenvalue weighted by Gasteiger charge is 2.39. The number of anilines is 1. The van der Waals surface area contributed by atoms with Gasteiger partial charge in [-0.25, -0.2) is 4.98 Å². The molecule has 0 saturated heterocycles. The molecule has 0 amide bonds. The maximum absolute atomic E-state index is 6.02. The Morgan fingerprint density at radius 3 is 2.77 bits per heavy atom. The number of pyridine rings is 1. The molecule has 0 atom stereocenters. The van der Waals surface area contributed by atoms with Gasteiger partial charge in [-0.2, -0.15) is 5.10 Å². The number of fused-ring (bicyclic) bond motifs is 1. The highest BCUT2D eigenvalue weighted by molar-refractivity contribution is 5.97. The zero-order valence-electron chi connectivity index (χ0n) is 15.6. The minimum atomic E-state index is -0.126. The van der Waals surface area contributed by atoms with Crippen LogP contribution in [0, 0.1) is 6.92 Å². The van der Waals surface area contributed by atoms with Crippen LogP contribution in [0.3, 0.4) is 0 Å². The summed E-state index contributed by atoms with van der Waals surface area (Å²) in [7, 11) is 1.96. The molecule has 6 nitrogen and oxygen atoms in total. The highest BCUT2D eigenvalue weighted by Crippen LogP contribution is 2.42. The maximum Gasteiger partial charge on any atom is 0.159 e. The van der Waals surface area contributed by atoms with Crippen molar-refractivity contribution >= 4 is 22.4 Å². The van der Waals surface area contributed by atoms with E-state index < -0.39 is 0 Å². The molecular formula is C20H27N5O. The Morgan fingerprint density at radius 1 is 1.23 bits per heavy atom. The summed E-state index contributed by atoms with van der Waals surface area (Å²) in [5.41, 5.74) is 8.35. The lowest BCUT2D eigenvalue weighted by Crippen LogP contribution is -2.25. The average molecular weight is 353 g/mol. The summed E-state index contributed by atoms with van der Waals surface area (Å²) in [6, 6.07) is 0.530. The van der Waals surface area contributed by atoms with Crippen molar-refractivity contribution in [2.75, 3.05) is 5.32 Å². The van der Waals surface area contributed by atoms with Crippen molar-refractivity contribution in [3.05, 3.63) is 23.5 Å². The summed E-state index contributed by atoms with van der Waals surface area (Å²) >= 11 is 0. The van der Waals surface area contributed by atoms with E-state index >= 15 is 0 Å². The Balaban J connectivity index is 1.63. The number of aromatic nitrogens is 3. The Kier molecular flexibility index (Phi) is 3.71. The molecule has 2 N–H and O–H groups in total. The SMILES string of the molecule is Cc1nn(C)c2ncc(C3=CC4(CCCC4)ON3)c(NC3CCCC3)c12. The lowest BCUT2D eigenvalue weighted by molar-refractivity contribution is -0.0289. The summed E-state index contributed by atoms with van der Waals surface area (Å²) in [5, 5.41) is 9.57. The van der Waals surface area contributed by atoms with Crippen LogP contribution in [0.15, 0.2) is 12.3 Å². The van der Waals surface area contributed by atoms with Crippen LogP contribution >= 0.6 is 0 Å². The van der Waals surface area contributed by atoms with E-state index in [4.69, 9.17) is 9.82 Å². The van der Waals surface area contributed by atoms with Crippen LogP contribution in [0.2, 0.25) is 0 Å². The maximum atomic E-state index is 6.02. The highest BCUT2D eigenvalue weighted by atomic mass is 16.7. The molecule has 2 aromatic rings. The zero-order chi connectivity index (χ0) is 17.7. The number of nitrogens with zero attached hydrogens (tertiary/aromatic N) is 3. The molecule has 6 heteroatoms. The van der Waals surface area contributed by atoms with Gasteiger partial charge < -0.3 is 5.32 Å². The van der Waals surface area contributed by atoms with E-state index in [1.54, 1.807) is 0 Å². The summed E-state index contributed by atoms with van der Waals surface area (Å²) < 4.78 is 1.87. The lowest BCUT2D eigenvalue weighted by Gasteiger charge is -2.19. The van der Waals surface area contributed by atoms with Crippen LogP contribution < -0.4 is 10.8 Å². The van der Waals surface area contributed by atoms with Crippen molar-refractivity contribution in [3.8, 4) is 0 Å². The van der Waals surface area contributed by atoms with E-state index in [1.165, 1.54) is 38.5 Å². The monoisotopic (exact) mass is 353 g/mol. The second-order valence-corrected chi connectivity index (χ2v) is 8.11. The largest absolute Gasteiger partial charge is 0.381 e. The van der Waals surface area contributed by atoms with E-state index in [0.29, 0.717) is 6.04 Å². The van der Waals surface area contributed by atoms with Crippen molar-refractivity contribution in [2.45, 2.75) is 69.9 Å². The fourth-order valence-corrected chi connectivity index (χ4v) is 4.87. The van der Waals surface area contributed by atoms with Gasteiger partial charge in [0.05, 0.1) is 22.5 Å². The fraction of sp³-hybridized carbons (Fsp3) is 0.600. The van der Waals surface area contributed by atoms with E-state index in [0.717, 1.165) is 46.5 Å². The minimum Gasteiger partial charge on any atom is -0.381 e. The van der Waals surface area contributed by atoms with Crippen LogP contribution in [0.5, 0.6) is 0 Å². The summed E-state index contributed by atoms with van der Waals surface area (Å²) in [4.78, 5) is 10.7. The zero-order valence-corrected chi connectivity index (χ0v) is 15.6. The second-order valence-electron chi connectivity index (χ2n) is 8.11. The third-order valence-corrected chi connectivity index (χ3v) is 6.24. The van der Waals surface area contributed by atoms with Gasteiger partial charge in [0, 0.05) is 24.8 Å². The minimum absolute atomic E-state index is 0.126. The molecule has 1 aliphatic heterocycles. The molecule has 3 aliphatic rings. The van der Waals surface area contributed by atoms with E-state index in [9.17, 15) is 0 Å². The van der Waals surface area contributed by atoms with Gasteiger partial charge in [-0.15, -0.1) is 0 Å². The molecule has 3 heterocycles. The first-order valence-corrected chi connectivity index (χ1v) is 9.91. The predicted molar refractivity (Wildman–Crippen MR) is 103 cm³/mol. The van der Waals surface area contributed by atoms with Crippen LogP contribution in [-0.2, 0) is 11.9 Å². The molecule has 2 fully saturated rings. The van der Waals surface area contributed by atoms with Crippen LogP contribution in [-0.4, -0.2) is 26.4 Å². The summed E-state index contributed by atoms with van der Waals surface area (Å²) in [5.74, 6) is 0.